The molecule has 1 aromatic heterocycles. The van der Waals surface area contributed by atoms with Gasteiger partial charge in [0.2, 0.25) is 0 Å². The summed E-state index contributed by atoms with van der Waals surface area (Å²) in [6, 6.07) is 11.9. The predicted molar refractivity (Wildman–Crippen MR) is 107 cm³/mol. The number of nitrogens with zero attached hydrogens (tertiary/aromatic N) is 2. The first-order valence-corrected chi connectivity index (χ1v) is 9.80. The third-order valence-corrected chi connectivity index (χ3v) is 5.25. The lowest BCUT2D eigenvalue weighted by molar-refractivity contribution is 0.0608. The van der Waals surface area contributed by atoms with Crippen molar-refractivity contribution in [2.75, 3.05) is 18.4 Å². The van der Waals surface area contributed by atoms with Crippen LogP contribution in [-0.4, -0.2) is 34.9 Å². The molecular weight excluding hydrogens is 346 g/mol. The van der Waals surface area contributed by atoms with Crippen LogP contribution in [0.2, 0.25) is 5.02 Å². The predicted octanol–water partition coefficient (Wildman–Crippen LogP) is 4.79. The highest BCUT2D eigenvalue weighted by molar-refractivity contribution is 6.30. The van der Waals surface area contributed by atoms with Gasteiger partial charge in [-0.05, 0) is 61.9 Å². The van der Waals surface area contributed by atoms with Gasteiger partial charge >= 0.3 is 0 Å². The molecule has 26 heavy (non-hydrogen) atoms. The molecule has 0 aliphatic carbocycles. The van der Waals surface area contributed by atoms with Crippen LogP contribution in [0, 0.1) is 0 Å². The van der Waals surface area contributed by atoms with Gasteiger partial charge in [0, 0.05) is 35.9 Å². The summed E-state index contributed by atoms with van der Waals surface area (Å²) < 4.78 is 0. The SMILES string of the molecule is CCC1CCCCN1C(=O)c1ccnc(NCCc2ccc(Cl)cc2)c1. The van der Waals surface area contributed by atoms with Gasteiger partial charge in [-0.15, -0.1) is 0 Å². The number of pyridine rings is 1. The molecule has 1 atom stereocenters. The number of carbonyl (C=O) groups excluding carboxylic acids is 1. The standard InChI is InChI=1S/C21H26ClN3O/c1-2-19-5-3-4-14-25(19)21(26)17-11-13-24-20(15-17)23-12-10-16-6-8-18(22)9-7-16/h6-9,11,13,15,19H,2-5,10,12,14H2,1H3,(H,23,24). The van der Waals surface area contributed by atoms with Gasteiger partial charge in [0.15, 0.2) is 0 Å². The number of hydrogen-bond donors (Lipinski definition) is 1. The molecule has 1 aliphatic heterocycles. The minimum absolute atomic E-state index is 0.125. The first-order chi connectivity index (χ1) is 12.7. The van der Waals surface area contributed by atoms with Crippen LogP contribution in [0.5, 0.6) is 0 Å². The van der Waals surface area contributed by atoms with Crippen molar-refractivity contribution in [2.45, 2.75) is 45.1 Å². The highest BCUT2D eigenvalue weighted by Gasteiger charge is 2.26. The number of nitrogens with one attached hydrogen (secondary N) is 1. The van der Waals surface area contributed by atoms with Crippen molar-refractivity contribution in [1.29, 1.82) is 0 Å². The fraction of sp³-hybridized carbons (Fsp3) is 0.429. The maximum atomic E-state index is 12.9. The van der Waals surface area contributed by atoms with E-state index in [4.69, 9.17) is 11.6 Å². The summed E-state index contributed by atoms with van der Waals surface area (Å²) in [5.74, 6) is 0.870. The van der Waals surface area contributed by atoms with Gasteiger partial charge in [0.1, 0.15) is 5.82 Å². The Kier molecular flexibility index (Phi) is 6.51. The Morgan fingerprint density at radius 3 is 2.85 bits per heavy atom. The number of anilines is 1. The van der Waals surface area contributed by atoms with E-state index in [2.05, 4.69) is 17.2 Å². The van der Waals surface area contributed by atoms with Crippen molar-refractivity contribution in [3.8, 4) is 0 Å². The molecule has 4 nitrogen and oxygen atoms in total. The van der Waals surface area contributed by atoms with Crippen LogP contribution in [0.1, 0.15) is 48.5 Å². The lowest BCUT2D eigenvalue weighted by atomic mass is 9.99. The van der Waals surface area contributed by atoms with Crippen LogP contribution in [-0.2, 0) is 6.42 Å². The number of piperidine rings is 1. The molecule has 1 fully saturated rings. The molecule has 0 bridgehead atoms. The van der Waals surface area contributed by atoms with Gasteiger partial charge in [-0.25, -0.2) is 4.98 Å². The monoisotopic (exact) mass is 371 g/mol. The van der Waals surface area contributed by atoms with Gasteiger partial charge in [-0.3, -0.25) is 4.79 Å². The minimum Gasteiger partial charge on any atom is -0.370 e. The number of carbonyl (C=O) groups is 1. The molecule has 3 rings (SSSR count). The van der Waals surface area contributed by atoms with Crippen LogP contribution >= 0.6 is 11.6 Å². The van der Waals surface area contributed by atoms with Crippen molar-refractivity contribution in [3.05, 3.63) is 58.7 Å². The van der Waals surface area contributed by atoms with E-state index in [1.807, 2.05) is 41.3 Å². The van der Waals surface area contributed by atoms with Gasteiger partial charge in [0.05, 0.1) is 0 Å². The van der Waals surface area contributed by atoms with Gasteiger partial charge < -0.3 is 10.2 Å². The summed E-state index contributed by atoms with van der Waals surface area (Å²) in [6.07, 6.45) is 7.03. The molecule has 1 amide bonds. The van der Waals surface area contributed by atoms with Crippen LogP contribution in [0.3, 0.4) is 0 Å². The Morgan fingerprint density at radius 2 is 2.08 bits per heavy atom. The molecule has 2 aromatic rings. The lowest BCUT2D eigenvalue weighted by Gasteiger charge is -2.35. The number of hydrogen-bond acceptors (Lipinski definition) is 3. The molecule has 2 heterocycles. The van der Waals surface area contributed by atoms with Gasteiger partial charge in [-0.1, -0.05) is 30.7 Å². The Balaban J connectivity index is 1.60. The summed E-state index contributed by atoms with van der Waals surface area (Å²) in [5, 5.41) is 4.06. The maximum Gasteiger partial charge on any atom is 0.254 e. The van der Waals surface area contributed by atoms with Crippen LogP contribution in [0.4, 0.5) is 5.82 Å². The Hall–Kier alpha value is -2.07. The molecular formula is C21H26ClN3O. The number of amides is 1. The van der Waals surface area contributed by atoms with Crippen molar-refractivity contribution in [2.24, 2.45) is 0 Å². The summed E-state index contributed by atoms with van der Waals surface area (Å²) in [7, 11) is 0. The molecule has 0 radical (unpaired) electrons. The summed E-state index contributed by atoms with van der Waals surface area (Å²) in [4.78, 5) is 19.3. The number of halogens is 1. The van der Waals surface area contributed by atoms with Gasteiger partial charge in [0.25, 0.3) is 5.91 Å². The van der Waals surface area contributed by atoms with Crippen molar-refractivity contribution in [3.63, 3.8) is 0 Å². The van der Waals surface area contributed by atoms with Crippen LogP contribution < -0.4 is 5.32 Å². The molecule has 0 spiro atoms. The zero-order valence-electron chi connectivity index (χ0n) is 15.2. The Bertz CT molecular complexity index is 732. The third kappa shape index (κ3) is 4.76. The molecule has 5 heteroatoms. The lowest BCUT2D eigenvalue weighted by Crippen LogP contribution is -2.43. The van der Waals surface area contributed by atoms with Crippen molar-refractivity contribution >= 4 is 23.3 Å². The second-order valence-electron chi connectivity index (χ2n) is 6.79. The topological polar surface area (TPSA) is 45.2 Å². The average molecular weight is 372 g/mol. The summed E-state index contributed by atoms with van der Waals surface area (Å²) >= 11 is 5.91. The highest BCUT2D eigenvalue weighted by atomic mass is 35.5. The molecule has 1 N–H and O–H groups in total. The zero-order valence-corrected chi connectivity index (χ0v) is 16.0. The van der Waals surface area contributed by atoms with Gasteiger partial charge in [-0.2, -0.15) is 0 Å². The molecule has 1 aliphatic rings. The maximum absolute atomic E-state index is 12.9. The van der Waals surface area contributed by atoms with E-state index in [9.17, 15) is 4.79 Å². The van der Waals surface area contributed by atoms with E-state index in [0.29, 0.717) is 11.6 Å². The van der Waals surface area contributed by atoms with Crippen molar-refractivity contribution < 1.29 is 4.79 Å². The highest BCUT2D eigenvalue weighted by Crippen LogP contribution is 2.22. The third-order valence-electron chi connectivity index (χ3n) is 5.00. The molecule has 0 saturated carbocycles. The second kappa shape index (κ2) is 9.04. The second-order valence-corrected chi connectivity index (χ2v) is 7.23. The molecule has 1 aromatic carbocycles. The largest absolute Gasteiger partial charge is 0.370 e. The van der Waals surface area contributed by atoms with Crippen LogP contribution in [0.25, 0.3) is 0 Å². The number of benzene rings is 1. The first-order valence-electron chi connectivity index (χ1n) is 9.42. The van der Waals surface area contributed by atoms with E-state index in [0.717, 1.165) is 49.6 Å². The number of rotatable bonds is 6. The van der Waals surface area contributed by atoms with E-state index >= 15 is 0 Å². The van der Waals surface area contributed by atoms with E-state index in [-0.39, 0.29) is 5.91 Å². The number of likely N-dealkylation sites (tertiary alicyclic amines) is 1. The van der Waals surface area contributed by atoms with Crippen LogP contribution in [0.15, 0.2) is 42.6 Å². The average Bonchev–Trinajstić information content (AvgIpc) is 2.69. The fourth-order valence-electron chi connectivity index (χ4n) is 3.50. The molecule has 138 valence electrons. The quantitative estimate of drug-likeness (QED) is 0.793. The fourth-order valence-corrected chi connectivity index (χ4v) is 3.63. The summed E-state index contributed by atoms with van der Waals surface area (Å²) in [5.41, 5.74) is 1.93. The Labute approximate surface area is 160 Å². The van der Waals surface area contributed by atoms with Crippen molar-refractivity contribution in [1.82, 2.24) is 9.88 Å². The Morgan fingerprint density at radius 1 is 1.27 bits per heavy atom. The first kappa shape index (κ1) is 18.7. The number of aromatic nitrogens is 1. The summed E-state index contributed by atoms with van der Waals surface area (Å²) in [6.45, 7) is 3.78. The van der Waals surface area contributed by atoms with E-state index in [1.54, 1.807) is 6.20 Å². The van der Waals surface area contributed by atoms with E-state index in [1.165, 1.54) is 12.0 Å². The zero-order chi connectivity index (χ0) is 18.4. The molecule has 1 unspecified atom stereocenters. The molecule has 1 saturated heterocycles. The normalized spacial score (nSPS) is 17.2. The smallest absolute Gasteiger partial charge is 0.254 e. The minimum atomic E-state index is 0.125. The van der Waals surface area contributed by atoms with E-state index < -0.39 is 0 Å².